The van der Waals surface area contributed by atoms with E-state index in [1.54, 1.807) is 13.0 Å². The number of carbonyl (C=O) groups is 2. The van der Waals surface area contributed by atoms with E-state index in [2.05, 4.69) is 10.4 Å². The summed E-state index contributed by atoms with van der Waals surface area (Å²) in [5, 5.41) is 16.6. The third kappa shape index (κ3) is 4.92. The quantitative estimate of drug-likeness (QED) is 0.281. The third-order valence-electron chi connectivity index (χ3n) is 9.48. The minimum atomic E-state index is -3.72. The molecular weight excluding hydrogens is 642 g/mol. The first-order chi connectivity index (χ1) is 22.9. The number of aromatic nitrogens is 2. The maximum Gasteiger partial charge on any atom is 0.298 e. The zero-order chi connectivity index (χ0) is 34.0. The zero-order valence-corrected chi connectivity index (χ0v) is 26.7. The van der Waals surface area contributed by atoms with Gasteiger partial charge in [-0.1, -0.05) is 42.5 Å². The van der Waals surface area contributed by atoms with Crippen LogP contribution in [0.2, 0.25) is 0 Å². The number of halogens is 2. The molecule has 1 aliphatic carbocycles. The molecule has 3 aromatic carbocycles. The van der Waals surface area contributed by atoms with Gasteiger partial charge in [-0.15, -0.1) is 0 Å². The van der Waals surface area contributed by atoms with Crippen LogP contribution in [0.4, 0.5) is 20.2 Å². The van der Waals surface area contributed by atoms with Gasteiger partial charge >= 0.3 is 0 Å². The fourth-order valence-corrected chi connectivity index (χ4v) is 8.38. The Bertz CT molecular complexity index is 2090. The molecule has 0 unspecified atom stereocenters. The van der Waals surface area contributed by atoms with Crippen molar-refractivity contribution in [3.05, 3.63) is 107 Å². The number of nitrogens with one attached hydrogen (secondary N) is 1. The molecule has 4 aromatic rings. The Balaban J connectivity index is 1.26. The second-order valence-electron chi connectivity index (χ2n) is 12.4. The molecule has 3 heterocycles. The molecule has 246 valence electrons. The molecule has 2 amide bonds. The van der Waals surface area contributed by atoms with E-state index in [9.17, 15) is 23.3 Å². The van der Waals surface area contributed by atoms with Gasteiger partial charge in [-0.25, -0.2) is 8.42 Å². The first kappa shape index (κ1) is 31.5. The number of hydrogen-bond donors (Lipinski definition) is 1. The van der Waals surface area contributed by atoms with E-state index in [1.807, 2.05) is 6.07 Å². The van der Waals surface area contributed by atoms with Gasteiger partial charge in [0, 0.05) is 35.5 Å². The molecule has 11 nitrogen and oxygen atoms in total. The van der Waals surface area contributed by atoms with Gasteiger partial charge in [0.25, 0.3) is 17.7 Å². The predicted molar refractivity (Wildman–Crippen MR) is 172 cm³/mol. The SMILES string of the molecule is COc1ccc(C(=O)Nc2cnn3c2C(=O)N(c2ccc(C(F)(F)c4ccccc4)cc2)[C@H]2CN(S(=O)(=O)C4(C)CC4)C[C@@H]23)cc1C#N. The highest BCUT2D eigenvalue weighted by Gasteiger charge is 2.57. The molecule has 7 rings (SSSR count). The van der Waals surface area contributed by atoms with Gasteiger partial charge in [0.2, 0.25) is 10.0 Å². The van der Waals surface area contributed by atoms with Crippen LogP contribution in [0, 0.1) is 11.3 Å². The van der Waals surface area contributed by atoms with Crippen LogP contribution >= 0.6 is 0 Å². The Morgan fingerprint density at radius 2 is 1.71 bits per heavy atom. The van der Waals surface area contributed by atoms with Crippen molar-refractivity contribution in [3.8, 4) is 11.8 Å². The van der Waals surface area contributed by atoms with E-state index in [4.69, 9.17) is 4.74 Å². The lowest BCUT2D eigenvalue weighted by molar-refractivity contribution is 0.0428. The largest absolute Gasteiger partial charge is 0.495 e. The Morgan fingerprint density at radius 1 is 1.04 bits per heavy atom. The van der Waals surface area contributed by atoms with Crippen molar-refractivity contribution in [2.75, 3.05) is 30.4 Å². The Kier molecular flexibility index (Phi) is 7.37. The van der Waals surface area contributed by atoms with Crippen LogP contribution in [0.5, 0.6) is 5.75 Å². The fraction of sp³-hybridized carbons (Fsp3) is 0.294. The second-order valence-corrected chi connectivity index (χ2v) is 14.9. The van der Waals surface area contributed by atoms with Gasteiger partial charge in [0.1, 0.15) is 11.8 Å². The van der Waals surface area contributed by atoms with Gasteiger partial charge in [0.05, 0.1) is 41.4 Å². The summed E-state index contributed by atoms with van der Waals surface area (Å²) in [4.78, 5) is 29.1. The minimum Gasteiger partial charge on any atom is -0.495 e. The lowest BCUT2D eigenvalue weighted by Gasteiger charge is -2.37. The molecule has 0 spiro atoms. The predicted octanol–water partition coefficient (Wildman–Crippen LogP) is 4.92. The summed E-state index contributed by atoms with van der Waals surface area (Å²) in [6, 6.07) is 17.7. The normalized spacial score (nSPS) is 20.1. The monoisotopic (exact) mass is 672 g/mol. The first-order valence-corrected chi connectivity index (χ1v) is 16.7. The molecule has 48 heavy (non-hydrogen) atoms. The summed E-state index contributed by atoms with van der Waals surface area (Å²) in [5.74, 6) is -4.20. The summed E-state index contributed by atoms with van der Waals surface area (Å²) in [7, 11) is -2.31. The van der Waals surface area contributed by atoms with Crippen molar-refractivity contribution in [1.82, 2.24) is 14.1 Å². The molecule has 2 fully saturated rings. The standard InChI is InChI=1S/C34H30F2N6O5S/c1-33(14-15-33)48(45,46)40-19-27-28(20-40)42-30(26(18-38-42)39-31(43)21-8-13-29(47-2)22(16-21)17-37)32(44)41(27)25-11-9-24(10-12-25)34(35,36)23-6-4-3-5-7-23/h3-13,16,18,27-28H,14-15,19-20H2,1-2H3,(H,39,43)/t27-,28-/m0/s1. The number of hydrogen-bond acceptors (Lipinski definition) is 7. The Hall–Kier alpha value is -5.13. The number of sulfonamides is 1. The van der Waals surface area contributed by atoms with Crippen molar-refractivity contribution >= 4 is 33.2 Å². The van der Waals surface area contributed by atoms with E-state index in [0.717, 1.165) is 0 Å². The van der Waals surface area contributed by atoms with Gasteiger partial charge < -0.3 is 15.0 Å². The van der Waals surface area contributed by atoms with Crippen LogP contribution in [-0.2, 0) is 15.9 Å². The molecular formula is C34H30F2N6O5S. The van der Waals surface area contributed by atoms with Crippen molar-refractivity contribution < 1.29 is 31.5 Å². The lowest BCUT2D eigenvalue weighted by Crippen LogP contribution is -2.51. The van der Waals surface area contributed by atoms with Crippen molar-refractivity contribution in [1.29, 1.82) is 5.26 Å². The number of alkyl halides is 2. The number of nitrogens with zero attached hydrogens (tertiary/aromatic N) is 5. The van der Waals surface area contributed by atoms with Gasteiger partial charge in [0.15, 0.2) is 5.69 Å². The van der Waals surface area contributed by atoms with Crippen LogP contribution in [0.15, 0.2) is 79.0 Å². The van der Waals surface area contributed by atoms with E-state index in [1.165, 1.54) is 93.9 Å². The highest BCUT2D eigenvalue weighted by atomic mass is 32.2. The average Bonchev–Trinajstić information content (AvgIpc) is 3.49. The van der Waals surface area contributed by atoms with Crippen LogP contribution in [0.3, 0.4) is 0 Å². The molecule has 3 aliphatic rings. The summed E-state index contributed by atoms with van der Waals surface area (Å²) in [6.45, 7) is 1.71. The van der Waals surface area contributed by atoms with Gasteiger partial charge in [-0.05, 0) is 50.1 Å². The maximum absolute atomic E-state index is 15.4. The summed E-state index contributed by atoms with van der Waals surface area (Å²) in [6.07, 6.45) is 2.38. The molecule has 1 saturated carbocycles. The topological polar surface area (TPSA) is 138 Å². The van der Waals surface area contributed by atoms with Gasteiger partial charge in [-0.3, -0.25) is 14.3 Å². The van der Waals surface area contributed by atoms with Crippen LogP contribution in [0.1, 0.15) is 63.3 Å². The molecule has 1 N–H and O–H groups in total. The average molecular weight is 673 g/mol. The number of carbonyl (C=O) groups excluding carboxylic acids is 2. The number of anilines is 2. The summed E-state index contributed by atoms with van der Waals surface area (Å²) >= 11 is 0. The van der Waals surface area contributed by atoms with Crippen LogP contribution in [0.25, 0.3) is 0 Å². The number of rotatable bonds is 8. The van der Waals surface area contributed by atoms with E-state index in [0.29, 0.717) is 18.6 Å². The smallest absolute Gasteiger partial charge is 0.298 e. The van der Waals surface area contributed by atoms with Crippen LogP contribution in [-0.4, -0.2) is 65.3 Å². The number of ether oxygens (including phenoxy) is 1. The molecule has 1 saturated heterocycles. The number of nitriles is 1. The molecule has 1 aromatic heterocycles. The Labute approximate surface area is 275 Å². The zero-order valence-electron chi connectivity index (χ0n) is 25.9. The highest BCUT2D eigenvalue weighted by molar-refractivity contribution is 7.90. The second kappa shape index (κ2) is 11.2. The first-order valence-electron chi connectivity index (χ1n) is 15.2. The third-order valence-corrected chi connectivity index (χ3v) is 12.1. The highest BCUT2D eigenvalue weighted by Crippen LogP contribution is 2.48. The summed E-state index contributed by atoms with van der Waals surface area (Å²) < 4.78 is 65.1. The van der Waals surface area contributed by atoms with E-state index >= 15 is 8.78 Å². The van der Waals surface area contributed by atoms with Crippen molar-refractivity contribution in [2.24, 2.45) is 0 Å². The van der Waals surface area contributed by atoms with Crippen molar-refractivity contribution in [3.63, 3.8) is 0 Å². The summed E-state index contributed by atoms with van der Waals surface area (Å²) in [5.41, 5.74) is 0.198. The van der Waals surface area contributed by atoms with Crippen LogP contribution < -0.4 is 15.0 Å². The maximum atomic E-state index is 15.4. The minimum absolute atomic E-state index is 0.00851. The lowest BCUT2D eigenvalue weighted by atomic mass is 9.99. The number of amides is 2. The molecule has 2 aliphatic heterocycles. The van der Waals surface area contributed by atoms with Gasteiger partial charge in [-0.2, -0.15) is 23.4 Å². The molecule has 0 bridgehead atoms. The molecule has 14 heteroatoms. The molecule has 0 radical (unpaired) electrons. The number of benzene rings is 3. The van der Waals surface area contributed by atoms with E-state index in [-0.39, 0.29) is 52.4 Å². The van der Waals surface area contributed by atoms with Crippen molar-refractivity contribution in [2.45, 2.75) is 42.5 Å². The molecule has 2 atom stereocenters. The number of fused-ring (bicyclic) bond motifs is 3. The van der Waals surface area contributed by atoms with E-state index < -0.39 is 44.6 Å². The Morgan fingerprint density at radius 3 is 2.35 bits per heavy atom. The number of methoxy groups -OCH3 is 1. The fourth-order valence-electron chi connectivity index (χ4n) is 6.44.